The van der Waals surface area contributed by atoms with Gasteiger partial charge in [-0.3, -0.25) is 0 Å². The maximum absolute atomic E-state index is 2.57. The molecule has 3 heteroatoms. The van der Waals surface area contributed by atoms with E-state index in [9.17, 15) is 0 Å². The molecule has 0 radical (unpaired) electrons. The van der Waals surface area contributed by atoms with Gasteiger partial charge in [0.2, 0.25) is 0 Å². The van der Waals surface area contributed by atoms with Crippen LogP contribution in [0.4, 0.5) is 11.4 Å². The Morgan fingerprint density at radius 3 is 2.22 bits per heavy atom. The van der Waals surface area contributed by atoms with E-state index in [0.29, 0.717) is 0 Å². The number of rotatable bonds is 3. The Morgan fingerprint density at radius 2 is 1.65 bits per heavy atom. The molecule has 2 atom stereocenters. The molecule has 0 saturated carbocycles. The summed E-state index contributed by atoms with van der Waals surface area (Å²) in [6, 6.07) is 17.7. The van der Waals surface area contributed by atoms with Gasteiger partial charge >= 0.3 is 0 Å². The van der Waals surface area contributed by atoms with Gasteiger partial charge in [0.1, 0.15) is 0 Å². The Morgan fingerprint density at radius 1 is 1.04 bits per heavy atom. The highest BCUT2D eigenvalue weighted by Gasteiger charge is 2.35. The first-order chi connectivity index (χ1) is 11.2. The summed E-state index contributed by atoms with van der Waals surface area (Å²) >= 11 is 1.90. The first kappa shape index (κ1) is 15.1. The Labute approximate surface area is 143 Å². The van der Waals surface area contributed by atoms with Crippen molar-refractivity contribution in [2.24, 2.45) is 5.92 Å². The lowest BCUT2D eigenvalue weighted by atomic mass is 10.1. The molecule has 2 heterocycles. The van der Waals surface area contributed by atoms with Gasteiger partial charge in [-0.15, -0.1) is 0 Å². The van der Waals surface area contributed by atoms with Crippen LogP contribution in [0.2, 0.25) is 0 Å². The molecule has 0 aliphatic carbocycles. The van der Waals surface area contributed by atoms with Crippen LogP contribution in [0.3, 0.4) is 0 Å². The minimum atomic E-state index is 0.782. The highest BCUT2D eigenvalue weighted by atomic mass is 32.2. The summed E-state index contributed by atoms with van der Waals surface area (Å²) in [5.41, 5.74) is 2.77. The molecule has 0 N–H and O–H groups in total. The third-order valence-corrected chi connectivity index (χ3v) is 6.64. The zero-order chi connectivity index (χ0) is 15.9. The molecule has 2 aliphatic rings. The van der Waals surface area contributed by atoms with Crippen molar-refractivity contribution in [1.82, 2.24) is 0 Å². The number of para-hydroxylation sites is 2. The molecule has 4 rings (SSSR count). The number of anilines is 2. The number of hydrogen-bond acceptors (Lipinski definition) is 2. The number of benzene rings is 2. The largest absolute Gasteiger partial charge is 0.339 e. The van der Waals surface area contributed by atoms with E-state index >= 15 is 0 Å². The van der Waals surface area contributed by atoms with Crippen molar-refractivity contribution in [3.8, 4) is 0 Å². The second kappa shape index (κ2) is 5.88. The third-order valence-electron chi connectivity index (χ3n) is 5.51. The van der Waals surface area contributed by atoms with Gasteiger partial charge in [0.05, 0.1) is 38.1 Å². The van der Waals surface area contributed by atoms with Crippen molar-refractivity contribution < 1.29 is 4.48 Å². The van der Waals surface area contributed by atoms with E-state index in [2.05, 4.69) is 67.4 Å². The lowest BCUT2D eigenvalue weighted by Gasteiger charge is -2.34. The van der Waals surface area contributed by atoms with Gasteiger partial charge in [-0.05, 0) is 31.2 Å². The second-order valence-corrected chi connectivity index (χ2v) is 8.23. The SMILES string of the molecule is CC[N+]1(C)CC[C@@H](CN2c3ccccc3Sc3ccccc32)C1. The summed E-state index contributed by atoms with van der Waals surface area (Å²) in [6.45, 7) is 7.35. The van der Waals surface area contributed by atoms with E-state index in [1.54, 1.807) is 0 Å². The van der Waals surface area contributed by atoms with Crippen LogP contribution in [0, 0.1) is 5.92 Å². The Balaban J connectivity index is 1.66. The summed E-state index contributed by atoms with van der Waals surface area (Å²) in [5.74, 6) is 0.782. The average molecular weight is 326 g/mol. The summed E-state index contributed by atoms with van der Waals surface area (Å²) < 4.78 is 1.23. The van der Waals surface area contributed by atoms with Crippen LogP contribution in [-0.4, -0.2) is 37.7 Å². The van der Waals surface area contributed by atoms with Crippen molar-refractivity contribution in [1.29, 1.82) is 0 Å². The molecule has 0 bridgehead atoms. The summed E-state index contributed by atoms with van der Waals surface area (Å²) in [7, 11) is 2.41. The van der Waals surface area contributed by atoms with Gasteiger partial charge in [0.15, 0.2) is 0 Å². The molecule has 120 valence electrons. The molecular weight excluding hydrogens is 300 g/mol. The topological polar surface area (TPSA) is 3.24 Å². The maximum Gasteiger partial charge on any atom is 0.0832 e. The molecular formula is C20H25N2S+. The summed E-state index contributed by atoms with van der Waals surface area (Å²) in [6.07, 6.45) is 1.35. The lowest BCUT2D eigenvalue weighted by molar-refractivity contribution is -0.897. The molecule has 1 saturated heterocycles. The van der Waals surface area contributed by atoms with Crippen molar-refractivity contribution in [3.63, 3.8) is 0 Å². The molecule has 2 aromatic carbocycles. The van der Waals surface area contributed by atoms with E-state index in [0.717, 1.165) is 12.5 Å². The fourth-order valence-corrected chi connectivity index (χ4v) is 5.07. The number of hydrogen-bond donors (Lipinski definition) is 0. The van der Waals surface area contributed by atoms with Crippen LogP contribution in [0.15, 0.2) is 58.3 Å². The van der Waals surface area contributed by atoms with Crippen LogP contribution in [-0.2, 0) is 0 Å². The number of quaternary nitrogens is 1. The van der Waals surface area contributed by atoms with Gasteiger partial charge in [-0.2, -0.15) is 0 Å². The van der Waals surface area contributed by atoms with E-state index < -0.39 is 0 Å². The zero-order valence-corrected chi connectivity index (χ0v) is 14.9. The fraction of sp³-hybridized carbons (Fsp3) is 0.400. The molecule has 0 amide bonds. The Kier molecular flexibility index (Phi) is 3.86. The van der Waals surface area contributed by atoms with E-state index in [1.165, 1.54) is 51.7 Å². The monoisotopic (exact) mass is 325 g/mol. The minimum Gasteiger partial charge on any atom is -0.339 e. The van der Waals surface area contributed by atoms with Gasteiger partial charge in [0, 0.05) is 28.7 Å². The quantitative estimate of drug-likeness (QED) is 0.748. The zero-order valence-electron chi connectivity index (χ0n) is 14.0. The van der Waals surface area contributed by atoms with Gasteiger partial charge in [-0.1, -0.05) is 36.0 Å². The average Bonchev–Trinajstić information content (AvgIpc) is 2.96. The second-order valence-electron chi connectivity index (χ2n) is 7.14. The molecule has 1 unspecified atom stereocenters. The van der Waals surface area contributed by atoms with Crippen LogP contribution in [0.5, 0.6) is 0 Å². The van der Waals surface area contributed by atoms with E-state index in [4.69, 9.17) is 0 Å². The normalized spacial score (nSPS) is 26.0. The highest BCUT2D eigenvalue weighted by Crippen LogP contribution is 2.48. The molecule has 2 nitrogen and oxygen atoms in total. The predicted molar refractivity (Wildman–Crippen MR) is 98.6 cm³/mol. The van der Waals surface area contributed by atoms with Crippen molar-refractivity contribution in [2.75, 3.05) is 38.1 Å². The number of likely N-dealkylation sites (tertiary alicyclic amines) is 1. The van der Waals surface area contributed by atoms with Gasteiger partial charge in [-0.25, -0.2) is 0 Å². The fourth-order valence-electron chi connectivity index (χ4n) is 3.97. The number of nitrogens with zero attached hydrogens (tertiary/aromatic N) is 2. The minimum absolute atomic E-state index is 0.782. The molecule has 23 heavy (non-hydrogen) atoms. The van der Waals surface area contributed by atoms with Crippen LogP contribution in [0.25, 0.3) is 0 Å². The molecule has 0 spiro atoms. The first-order valence-electron chi connectivity index (χ1n) is 8.65. The van der Waals surface area contributed by atoms with Crippen molar-refractivity contribution in [2.45, 2.75) is 23.1 Å². The van der Waals surface area contributed by atoms with Crippen molar-refractivity contribution in [3.05, 3.63) is 48.5 Å². The standard InChI is InChI=1S/C20H25N2S/c1-3-22(2)13-12-16(15-22)14-21-17-8-4-6-10-19(17)23-20-11-7-5-9-18(20)21/h4-11,16H,3,12-15H2,1-2H3/q+1/t16-,22?/m0/s1. The van der Waals surface area contributed by atoms with Crippen LogP contribution in [0.1, 0.15) is 13.3 Å². The van der Waals surface area contributed by atoms with Crippen LogP contribution >= 0.6 is 11.8 Å². The smallest absolute Gasteiger partial charge is 0.0832 e. The van der Waals surface area contributed by atoms with E-state index in [1.807, 2.05) is 11.8 Å². The molecule has 0 aromatic heterocycles. The summed E-state index contributed by atoms with van der Waals surface area (Å²) in [4.78, 5) is 5.34. The van der Waals surface area contributed by atoms with Crippen molar-refractivity contribution >= 4 is 23.1 Å². The molecule has 2 aromatic rings. The maximum atomic E-state index is 2.57. The van der Waals surface area contributed by atoms with Gasteiger partial charge in [0.25, 0.3) is 0 Å². The first-order valence-corrected chi connectivity index (χ1v) is 9.47. The van der Waals surface area contributed by atoms with Crippen LogP contribution < -0.4 is 4.90 Å². The van der Waals surface area contributed by atoms with E-state index in [-0.39, 0.29) is 0 Å². The third kappa shape index (κ3) is 2.77. The molecule has 1 fully saturated rings. The number of fused-ring (bicyclic) bond motifs is 2. The lowest BCUT2D eigenvalue weighted by Crippen LogP contribution is -2.42. The summed E-state index contributed by atoms with van der Waals surface area (Å²) in [5, 5.41) is 0. The van der Waals surface area contributed by atoms with Gasteiger partial charge < -0.3 is 9.38 Å². The highest BCUT2D eigenvalue weighted by molar-refractivity contribution is 7.99. The predicted octanol–water partition coefficient (Wildman–Crippen LogP) is 4.78. The molecule has 2 aliphatic heterocycles. The Bertz CT molecular complexity index is 669. The Hall–Kier alpha value is -1.45.